The van der Waals surface area contributed by atoms with E-state index >= 15 is 0 Å². The number of hydrogen-bond acceptors (Lipinski definition) is 8. The van der Waals surface area contributed by atoms with Crippen LogP contribution in [0, 0.1) is 0 Å². The van der Waals surface area contributed by atoms with E-state index in [1.54, 1.807) is 39.2 Å². The molecular weight excluding hydrogens is 576 g/mol. The van der Waals surface area contributed by atoms with Gasteiger partial charge in [-0.25, -0.2) is 9.79 Å². The number of ether oxygens (including phenoxy) is 4. The van der Waals surface area contributed by atoms with Crippen LogP contribution in [0.4, 0.5) is 0 Å². The summed E-state index contributed by atoms with van der Waals surface area (Å²) in [6.07, 6.45) is 1.80. The molecular formula is C32H29ClN2O6S. The van der Waals surface area contributed by atoms with Gasteiger partial charge in [0.05, 0.1) is 42.7 Å². The maximum atomic E-state index is 13.9. The van der Waals surface area contributed by atoms with Crippen molar-refractivity contribution in [2.75, 3.05) is 20.8 Å². The van der Waals surface area contributed by atoms with Crippen LogP contribution in [0.3, 0.4) is 0 Å². The minimum atomic E-state index is -0.767. The number of benzene rings is 3. The summed E-state index contributed by atoms with van der Waals surface area (Å²) in [5, 5.41) is 0.667. The van der Waals surface area contributed by atoms with Gasteiger partial charge in [0.15, 0.2) is 16.3 Å². The molecule has 0 saturated carbocycles. The van der Waals surface area contributed by atoms with Crippen molar-refractivity contribution < 1.29 is 23.7 Å². The van der Waals surface area contributed by atoms with Crippen LogP contribution < -0.4 is 29.1 Å². The molecule has 8 nitrogen and oxygen atoms in total. The quantitative estimate of drug-likeness (QED) is 0.249. The van der Waals surface area contributed by atoms with Gasteiger partial charge in [-0.3, -0.25) is 9.36 Å². The molecule has 0 N–H and O–H groups in total. The van der Waals surface area contributed by atoms with Gasteiger partial charge in [-0.1, -0.05) is 53.3 Å². The molecule has 4 aromatic rings. The fraction of sp³-hybridized carbons (Fsp3) is 0.219. The zero-order valence-corrected chi connectivity index (χ0v) is 25.1. The van der Waals surface area contributed by atoms with Gasteiger partial charge in [-0.15, -0.1) is 0 Å². The van der Waals surface area contributed by atoms with Gasteiger partial charge in [0.25, 0.3) is 5.56 Å². The van der Waals surface area contributed by atoms with E-state index in [9.17, 15) is 9.59 Å². The highest BCUT2D eigenvalue weighted by Gasteiger charge is 2.34. The van der Waals surface area contributed by atoms with Crippen molar-refractivity contribution >= 4 is 35.0 Å². The molecule has 1 aromatic heterocycles. The fourth-order valence-corrected chi connectivity index (χ4v) is 5.90. The van der Waals surface area contributed by atoms with E-state index in [-0.39, 0.29) is 12.2 Å². The zero-order valence-electron chi connectivity index (χ0n) is 23.5. The van der Waals surface area contributed by atoms with Crippen LogP contribution in [0.1, 0.15) is 36.6 Å². The van der Waals surface area contributed by atoms with Crippen molar-refractivity contribution in [1.82, 2.24) is 4.57 Å². The number of fused-ring (bicyclic) bond motifs is 1. The summed E-state index contributed by atoms with van der Waals surface area (Å²) in [5.41, 5.74) is 2.94. The Balaban J connectivity index is 1.56. The number of hydrogen-bond donors (Lipinski definition) is 0. The minimum Gasteiger partial charge on any atom is -0.493 e. The first-order chi connectivity index (χ1) is 20.3. The third-order valence-corrected chi connectivity index (χ3v) is 7.95. The molecule has 10 heteroatoms. The van der Waals surface area contributed by atoms with Crippen LogP contribution in [0.15, 0.2) is 87.8 Å². The highest BCUT2D eigenvalue weighted by molar-refractivity contribution is 7.07. The highest BCUT2D eigenvalue weighted by Crippen LogP contribution is 2.36. The molecule has 0 spiro atoms. The lowest BCUT2D eigenvalue weighted by Crippen LogP contribution is -2.39. The topological polar surface area (TPSA) is 88.4 Å². The van der Waals surface area contributed by atoms with Gasteiger partial charge in [0, 0.05) is 5.02 Å². The van der Waals surface area contributed by atoms with E-state index in [2.05, 4.69) is 4.99 Å². The fourth-order valence-electron chi connectivity index (χ4n) is 4.72. The molecule has 42 heavy (non-hydrogen) atoms. The summed E-state index contributed by atoms with van der Waals surface area (Å²) in [4.78, 5) is 32.2. The lowest BCUT2D eigenvalue weighted by Gasteiger charge is -2.25. The predicted octanol–water partition coefficient (Wildman–Crippen LogP) is 5.05. The molecule has 1 aliphatic rings. The van der Waals surface area contributed by atoms with Crippen molar-refractivity contribution in [2.24, 2.45) is 4.99 Å². The maximum absolute atomic E-state index is 13.9. The van der Waals surface area contributed by atoms with E-state index < -0.39 is 12.0 Å². The van der Waals surface area contributed by atoms with Gasteiger partial charge in [-0.05, 0) is 73.0 Å². The summed E-state index contributed by atoms with van der Waals surface area (Å²) in [6.45, 7) is 4.06. The first-order valence-corrected chi connectivity index (χ1v) is 14.4. The summed E-state index contributed by atoms with van der Waals surface area (Å²) >= 11 is 7.23. The predicted molar refractivity (Wildman–Crippen MR) is 162 cm³/mol. The first kappa shape index (κ1) is 29.2. The Morgan fingerprint density at radius 2 is 1.81 bits per heavy atom. The van der Waals surface area contributed by atoms with Crippen LogP contribution in [-0.2, 0) is 16.1 Å². The van der Waals surface area contributed by atoms with E-state index in [0.717, 1.165) is 11.1 Å². The summed E-state index contributed by atoms with van der Waals surface area (Å²) < 4.78 is 24.3. The second-order valence-electron chi connectivity index (χ2n) is 9.40. The third kappa shape index (κ3) is 5.98. The van der Waals surface area contributed by atoms with E-state index in [0.29, 0.717) is 55.0 Å². The number of carbonyl (C=O) groups is 1. The van der Waals surface area contributed by atoms with Crippen molar-refractivity contribution in [1.29, 1.82) is 0 Å². The smallest absolute Gasteiger partial charge is 0.338 e. The van der Waals surface area contributed by atoms with E-state index in [1.807, 2.05) is 54.6 Å². The largest absolute Gasteiger partial charge is 0.493 e. The number of methoxy groups -OCH3 is 2. The number of allylic oxidation sites excluding steroid dienone is 1. The highest BCUT2D eigenvalue weighted by atomic mass is 35.5. The second-order valence-corrected chi connectivity index (χ2v) is 10.8. The van der Waals surface area contributed by atoms with Crippen LogP contribution in [0.25, 0.3) is 6.08 Å². The molecule has 0 unspecified atom stereocenters. The standard InChI is InChI=1S/C32H29ClN2O6S/c1-5-40-31(37)28-19(2)34-32-35(29(28)22-11-14-25(38-3)26(17-22)39-4)30(36)27(42-32)16-21-7-6-8-24(15-21)41-18-20-9-12-23(33)13-10-20/h6-17,29H,5,18H2,1-4H3/b27-16-/t29-/m0/s1. The van der Waals surface area contributed by atoms with Crippen molar-refractivity contribution in [3.63, 3.8) is 0 Å². The minimum absolute atomic E-state index is 0.190. The monoisotopic (exact) mass is 604 g/mol. The summed E-state index contributed by atoms with van der Waals surface area (Å²) in [7, 11) is 3.08. The molecule has 3 aromatic carbocycles. The van der Waals surface area contributed by atoms with Crippen molar-refractivity contribution in [3.05, 3.63) is 119 Å². The van der Waals surface area contributed by atoms with Crippen LogP contribution in [-0.4, -0.2) is 31.4 Å². The Labute approximate surface area is 251 Å². The first-order valence-electron chi connectivity index (χ1n) is 13.2. The Morgan fingerprint density at radius 1 is 1.05 bits per heavy atom. The molecule has 5 rings (SSSR count). The Hall–Kier alpha value is -4.34. The Morgan fingerprint density at radius 3 is 2.52 bits per heavy atom. The van der Waals surface area contributed by atoms with Crippen LogP contribution >= 0.6 is 22.9 Å². The molecule has 2 heterocycles. The molecule has 1 atom stereocenters. The molecule has 0 radical (unpaired) electrons. The Bertz CT molecular complexity index is 1840. The summed E-state index contributed by atoms with van der Waals surface area (Å²) in [6, 6.07) is 19.5. The van der Waals surface area contributed by atoms with Gasteiger partial charge < -0.3 is 18.9 Å². The van der Waals surface area contributed by atoms with Gasteiger partial charge in [0.1, 0.15) is 12.4 Å². The van der Waals surface area contributed by atoms with E-state index in [1.165, 1.54) is 23.0 Å². The second kappa shape index (κ2) is 12.7. The lowest BCUT2D eigenvalue weighted by molar-refractivity contribution is -0.139. The zero-order chi connectivity index (χ0) is 29.8. The van der Waals surface area contributed by atoms with Gasteiger partial charge in [-0.2, -0.15) is 0 Å². The third-order valence-electron chi connectivity index (χ3n) is 6.71. The normalized spacial score (nSPS) is 14.7. The maximum Gasteiger partial charge on any atom is 0.338 e. The number of halogens is 1. The molecule has 0 bridgehead atoms. The molecule has 0 fully saturated rings. The molecule has 0 saturated heterocycles. The number of esters is 1. The molecule has 0 aliphatic carbocycles. The number of nitrogens with zero attached hydrogens (tertiary/aromatic N) is 2. The van der Waals surface area contributed by atoms with Gasteiger partial charge >= 0.3 is 5.97 Å². The van der Waals surface area contributed by atoms with Crippen LogP contribution in [0.5, 0.6) is 17.2 Å². The number of aromatic nitrogens is 1. The summed E-state index contributed by atoms with van der Waals surface area (Å²) in [5.74, 6) is 1.14. The molecule has 0 amide bonds. The lowest BCUT2D eigenvalue weighted by atomic mass is 9.95. The average Bonchev–Trinajstić information content (AvgIpc) is 3.29. The van der Waals surface area contributed by atoms with Crippen LogP contribution in [0.2, 0.25) is 5.02 Å². The number of rotatable bonds is 9. The molecule has 216 valence electrons. The van der Waals surface area contributed by atoms with Gasteiger partial charge in [0.2, 0.25) is 0 Å². The molecule has 1 aliphatic heterocycles. The number of carbonyl (C=O) groups excluding carboxylic acids is 1. The number of thiazole rings is 1. The van der Waals surface area contributed by atoms with E-state index in [4.69, 9.17) is 30.5 Å². The SMILES string of the molecule is CCOC(=O)C1=C(C)N=c2s/c(=C\c3cccc(OCc4ccc(Cl)cc4)c3)c(=O)n2[C@H]1c1ccc(OC)c(OC)c1. The Kier molecular flexibility index (Phi) is 8.80. The van der Waals surface area contributed by atoms with Crippen molar-refractivity contribution in [3.8, 4) is 17.2 Å². The average molecular weight is 605 g/mol. The van der Waals surface area contributed by atoms with Crippen molar-refractivity contribution in [2.45, 2.75) is 26.5 Å².